The molecular weight excluding hydrogens is 210 g/mol. The maximum Gasteiger partial charge on any atom is 0.280 e. The van der Waals surface area contributed by atoms with E-state index in [0.29, 0.717) is 11.2 Å². The van der Waals surface area contributed by atoms with Gasteiger partial charge in [-0.2, -0.15) is 0 Å². The number of fused-ring (bicyclic) bond motifs is 1. The first-order chi connectivity index (χ1) is 7.61. The number of nitrogen functional groups attached to an aromatic ring is 1. The number of aryl methyl sites for hydroxylation is 1. The van der Waals surface area contributed by atoms with Gasteiger partial charge in [-0.3, -0.25) is 0 Å². The molecule has 16 heavy (non-hydrogen) atoms. The zero-order valence-electron chi connectivity index (χ0n) is 8.87. The third-order valence-electron chi connectivity index (χ3n) is 2.56. The largest absolute Gasteiger partial charge is 0.398 e. The van der Waals surface area contributed by atoms with Crippen LogP contribution in [0.4, 0.5) is 14.5 Å². The highest BCUT2D eigenvalue weighted by Crippen LogP contribution is 2.26. The van der Waals surface area contributed by atoms with Crippen molar-refractivity contribution < 1.29 is 8.78 Å². The minimum atomic E-state index is -2.59. The summed E-state index contributed by atoms with van der Waals surface area (Å²) in [5.41, 5.74) is 7.47. The van der Waals surface area contributed by atoms with Crippen molar-refractivity contribution in [1.29, 1.82) is 0 Å². The number of anilines is 1. The van der Waals surface area contributed by atoms with Crippen LogP contribution in [0.3, 0.4) is 0 Å². The molecule has 0 unspecified atom stereocenters. The van der Waals surface area contributed by atoms with Gasteiger partial charge in [-0.05, 0) is 30.2 Å². The number of hydrogen-bond acceptors (Lipinski definition) is 2. The Morgan fingerprint density at radius 3 is 2.69 bits per heavy atom. The van der Waals surface area contributed by atoms with Crippen molar-refractivity contribution in [2.45, 2.75) is 19.8 Å². The topological polar surface area (TPSA) is 38.9 Å². The Morgan fingerprint density at radius 2 is 2.06 bits per heavy atom. The van der Waals surface area contributed by atoms with Gasteiger partial charge in [-0.15, -0.1) is 0 Å². The molecule has 0 bridgehead atoms. The van der Waals surface area contributed by atoms with Crippen molar-refractivity contribution in [3.8, 4) is 0 Å². The zero-order chi connectivity index (χ0) is 11.7. The number of benzene rings is 1. The van der Waals surface area contributed by atoms with Gasteiger partial charge in [-0.25, -0.2) is 13.8 Å². The molecule has 0 saturated carbocycles. The summed E-state index contributed by atoms with van der Waals surface area (Å²) in [5, 5.41) is 0.740. The lowest BCUT2D eigenvalue weighted by Crippen LogP contribution is -1.96. The van der Waals surface area contributed by atoms with Crippen LogP contribution in [0.5, 0.6) is 0 Å². The Bertz CT molecular complexity index is 524. The smallest absolute Gasteiger partial charge is 0.280 e. The molecule has 2 N–H and O–H groups in total. The molecule has 0 amide bonds. The van der Waals surface area contributed by atoms with Gasteiger partial charge in [0, 0.05) is 11.1 Å². The van der Waals surface area contributed by atoms with Crippen LogP contribution in [0, 0.1) is 0 Å². The van der Waals surface area contributed by atoms with Crippen LogP contribution in [0.15, 0.2) is 24.3 Å². The van der Waals surface area contributed by atoms with Gasteiger partial charge in [0.05, 0.1) is 5.52 Å². The van der Waals surface area contributed by atoms with Crippen molar-refractivity contribution in [1.82, 2.24) is 4.98 Å². The van der Waals surface area contributed by atoms with Crippen molar-refractivity contribution in [2.24, 2.45) is 0 Å². The van der Waals surface area contributed by atoms with Crippen LogP contribution in [-0.2, 0) is 6.42 Å². The van der Waals surface area contributed by atoms with Gasteiger partial charge >= 0.3 is 0 Å². The molecule has 1 heterocycles. The normalized spacial score (nSPS) is 11.2. The molecule has 0 saturated heterocycles. The predicted octanol–water partition coefficient (Wildman–Crippen LogP) is 3.32. The number of aromatic nitrogens is 1. The quantitative estimate of drug-likeness (QED) is 0.846. The van der Waals surface area contributed by atoms with Crippen LogP contribution in [0.2, 0.25) is 0 Å². The first-order valence-corrected chi connectivity index (χ1v) is 5.09. The molecule has 2 aromatic rings. The van der Waals surface area contributed by atoms with E-state index in [1.165, 1.54) is 6.07 Å². The van der Waals surface area contributed by atoms with E-state index >= 15 is 0 Å². The number of alkyl halides is 2. The van der Waals surface area contributed by atoms with Gasteiger partial charge in [0.2, 0.25) is 0 Å². The van der Waals surface area contributed by atoms with Crippen LogP contribution >= 0.6 is 0 Å². The summed E-state index contributed by atoms with van der Waals surface area (Å²) in [5.74, 6) is 0. The SMILES string of the molecule is CCc1ccc2nc(C(F)F)cc(N)c2c1. The molecule has 2 nitrogen and oxygen atoms in total. The van der Waals surface area contributed by atoms with Crippen LogP contribution < -0.4 is 5.73 Å². The molecule has 84 valence electrons. The van der Waals surface area contributed by atoms with Crippen LogP contribution in [-0.4, -0.2) is 4.98 Å². The van der Waals surface area contributed by atoms with E-state index < -0.39 is 6.43 Å². The van der Waals surface area contributed by atoms with Gasteiger partial charge < -0.3 is 5.73 Å². The first kappa shape index (κ1) is 10.8. The Hall–Kier alpha value is -1.71. The molecule has 0 radical (unpaired) electrons. The maximum absolute atomic E-state index is 12.5. The number of nitrogens with two attached hydrogens (primary N) is 1. The molecule has 1 aromatic carbocycles. The molecule has 0 aliphatic carbocycles. The van der Waals surface area contributed by atoms with Crippen molar-refractivity contribution >= 4 is 16.6 Å². The van der Waals surface area contributed by atoms with Crippen LogP contribution in [0.25, 0.3) is 10.9 Å². The Labute approximate surface area is 92.1 Å². The van der Waals surface area contributed by atoms with Crippen molar-refractivity contribution in [3.05, 3.63) is 35.5 Å². The standard InChI is InChI=1S/C12H12F2N2/c1-2-7-3-4-10-8(5-7)9(15)6-11(16-10)12(13)14/h3-6,12H,2H2,1H3,(H2,15,16). The predicted molar refractivity (Wildman–Crippen MR) is 60.5 cm³/mol. The fourth-order valence-electron chi connectivity index (χ4n) is 1.65. The van der Waals surface area contributed by atoms with E-state index in [2.05, 4.69) is 4.98 Å². The maximum atomic E-state index is 12.5. The van der Waals surface area contributed by atoms with E-state index in [1.54, 1.807) is 6.07 Å². The lowest BCUT2D eigenvalue weighted by atomic mass is 10.1. The zero-order valence-corrected chi connectivity index (χ0v) is 8.87. The number of nitrogens with zero attached hydrogens (tertiary/aromatic N) is 1. The monoisotopic (exact) mass is 222 g/mol. The second kappa shape index (κ2) is 4.04. The number of pyridine rings is 1. The number of rotatable bonds is 2. The first-order valence-electron chi connectivity index (χ1n) is 5.09. The third-order valence-corrected chi connectivity index (χ3v) is 2.56. The summed E-state index contributed by atoms with van der Waals surface area (Å²) in [6, 6.07) is 6.75. The molecule has 1 aromatic heterocycles. The Kier molecular flexibility index (Phi) is 2.73. The average molecular weight is 222 g/mol. The van der Waals surface area contributed by atoms with E-state index in [9.17, 15) is 8.78 Å². The second-order valence-corrected chi connectivity index (χ2v) is 3.64. The van der Waals surface area contributed by atoms with Crippen LogP contribution in [0.1, 0.15) is 24.6 Å². The summed E-state index contributed by atoms with van der Waals surface area (Å²) in [6.07, 6.45) is -1.70. The summed E-state index contributed by atoms with van der Waals surface area (Å²) in [6.45, 7) is 2.03. The summed E-state index contributed by atoms with van der Waals surface area (Å²) < 4.78 is 25.0. The minimum absolute atomic E-state index is 0.269. The number of hydrogen-bond donors (Lipinski definition) is 1. The van der Waals surface area contributed by atoms with E-state index in [4.69, 9.17) is 5.73 Å². The lowest BCUT2D eigenvalue weighted by molar-refractivity contribution is 0.146. The summed E-state index contributed by atoms with van der Waals surface area (Å²) in [7, 11) is 0. The third kappa shape index (κ3) is 1.83. The molecule has 0 atom stereocenters. The fourth-order valence-corrected chi connectivity index (χ4v) is 1.65. The van der Waals surface area contributed by atoms with Gasteiger partial charge in [-0.1, -0.05) is 13.0 Å². The minimum Gasteiger partial charge on any atom is -0.398 e. The van der Waals surface area contributed by atoms with E-state index in [1.807, 2.05) is 19.1 Å². The molecule has 0 fully saturated rings. The van der Waals surface area contributed by atoms with Crippen molar-refractivity contribution in [2.75, 3.05) is 5.73 Å². The molecule has 0 aliphatic heterocycles. The molecular formula is C12H12F2N2. The molecule has 0 aliphatic rings. The second-order valence-electron chi connectivity index (χ2n) is 3.64. The van der Waals surface area contributed by atoms with Gasteiger partial charge in [0.25, 0.3) is 6.43 Å². The van der Waals surface area contributed by atoms with E-state index in [-0.39, 0.29) is 5.69 Å². The average Bonchev–Trinajstić information content (AvgIpc) is 2.28. The van der Waals surface area contributed by atoms with Crippen molar-refractivity contribution in [3.63, 3.8) is 0 Å². The Balaban J connectivity index is 2.66. The van der Waals surface area contributed by atoms with Gasteiger partial charge in [0.1, 0.15) is 5.69 Å². The fraction of sp³-hybridized carbons (Fsp3) is 0.250. The highest BCUT2D eigenvalue weighted by Gasteiger charge is 2.11. The molecule has 2 rings (SSSR count). The summed E-state index contributed by atoms with van der Waals surface area (Å²) in [4.78, 5) is 3.88. The molecule has 4 heteroatoms. The Morgan fingerprint density at radius 1 is 1.31 bits per heavy atom. The number of halogens is 2. The lowest BCUT2D eigenvalue weighted by Gasteiger charge is -2.07. The summed E-state index contributed by atoms with van der Waals surface area (Å²) >= 11 is 0. The van der Waals surface area contributed by atoms with E-state index in [0.717, 1.165) is 17.4 Å². The highest BCUT2D eigenvalue weighted by atomic mass is 19.3. The highest BCUT2D eigenvalue weighted by molar-refractivity contribution is 5.90. The molecule has 0 spiro atoms. The van der Waals surface area contributed by atoms with Gasteiger partial charge in [0.15, 0.2) is 0 Å².